The van der Waals surface area contributed by atoms with Gasteiger partial charge < -0.3 is 9.88 Å². The fraction of sp³-hybridized carbons (Fsp3) is 0.462. The highest BCUT2D eigenvalue weighted by Crippen LogP contribution is 2.24. The van der Waals surface area contributed by atoms with Crippen LogP contribution in [0.4, 0.5) is 5.95 Å². The zero-order chi connectivity index (χ0) is 11.8. The average Bonchev–Trinajstić information content (AvgIpc) is 2.72. The Bertz CT molecular complexity index is 526. The first-order valence-corrected chi connectivity index (χ1v) is 6.50. The highest BCUT2D eigenvalue weighted by Gasteiger charge is 2.18. The van der Waals surface area contributed by atoms with Crippen molar-refractivity contribution in [3.63, 3.8) is 0 Å². The molecule has 2 aromatic rings. The Morgan fingerprint density at radius 1 is 1.35 bits per heavy atom. The molecule has 0 spiro atoms. The third-order valence-corrected chi connectivity index (χ3v) is 3.75. The van der Waals surface area contributed by atoms with Gasteiger partial charge in [0.1, 0.15) is 0 Å². The molecule has 0 unspecified atom stereocenters. The summed E-state index contributed by atoms with van der Waals surface area (Å²) < 4.78 is 0. The van der Waals surface area contributed by atoms with E-state index in [1.54, 1.807) is 0 Å². The molecule has 1 aromatic heterocycles. The predicted molar refractivity (Wildman–Crippen MR) is 71.7 cm³/mol. The topological polar surface area (TPSA) is 31.9 Å². The molecule has 4 heteroatoms. The van der Waals surface area contributed by atoms with Crippen LogP contribution >= 0.6 is 11.6 Å². The Kier molecular flexibility index (Phi) is 2.71. The van der Waals surface area contributed by atoms with Crippen LogP contribution in [0.2, 0.25) is 5.02 Å². The molecule has 1 aliphatic heterocycles. The summed E-state index contributed by atoms with van der Waals surface area (Å²) in [5, 5.41) is 0.750. The number of nitrogens with zero attached hydrogens (tertiary/aromatic N) is 2. The molecule has 1 saturated heterocycles. The number of aromatic amines is 1. The zero-order valence-electron chi connectivity index (χ0n) is 9.91. The minimum Gasteiger partial charge on any atom is -0.342 e. The number of halogens is 1. The van der Waals surface area contributed by atoms with Crippen LogP contribution in [0.5, 0.6) is 0 Å². The van der Waals surface area contributed by atoms with Crippen molar-refractivity contribution in [2.45, 2.75) is 19.8 Å². The molecular formula is C13H16ClN3. The lowest BCUT2D eigenvalue weighted by atomic mass is 10.00. The van der Waals surface area contributed by atoms with Crippen molar-refractivity contribution >= 4 is 28.6 Å². The van der Waals surface area contributed by atoms with Gasteiger partial charge in [-0.1, -0.05) is 18.5 Å². The minimum absolute atomic E-state index is 0.750. The smallest absolute Gasteiger partial charge is 0.203 e. The minimum atomic E-state index is 0.750. The number of hydrogen-bond donors (Lipinski definition) is 1. The largest absolute Gasteiger partial charge is 0.342 e. The molecule has 2 heterocycles. The fourth-order valence-electron chi connectivity index (χ4n) is 2.34. The average molecular weight is 250 g/mol. The molecule has 0 aliphatic carbocycles. The lowest BCUT2D eigenvalue weighted by Crippen LogP contribution is -2.33. The third-order valence-electron chi connectivity index (χ3n) is 3.51. The summed E-state index contributed by atoms with van der Waals surface area (Å²) in [5.41, 5.74) is 2.01. The van der Waals surface area contributed by atoms with E-state index in [4.69, 9.17) is 11.6 Å². The molecule has 3 nitrogen and oxygen atoms in total. The molecule has 0 atom stereocenters. The second-order valence-electron chi connectivity index (χ2n) is 4.89. The van der Waals surface area contributed by atoms with Crippen molar-refractivity contribution in [2.24, 2.45) is 5.92 Å². The Morgan fingerprint density at radius 3 is 2.88 bits per heavy atom. The van der Waals surface area contributed by atoms with E-state index in [-0.39, 0.29) is 0 Å². The number of imidazole rings is 1. The molecule has 1 aliphatic rings. The SMILES string of the molecule is CC1CCN(c2nc3ccc(Cl)cc3[nH]2)CC1. The van der Waals surface area contributed by atoms with Crippen molar-refractivity contribution in [3.05, 3.63) is 23.2 Å². The van der Waals surface area contributed by atoms with Gasteiger partial charge in [0.15, 0.2) is 0 Å². The number of hydrogen-bond acceptors (Lipinski definition) is 2. The molecule has 90 valence electrons. The Labute approximate surface area is 106 Å². The molecule has 1 aromatic carbocycles. The summed E-state index contributed by atoms with van der Waals surface area (Å²) in [4.78, 5) is 10.3. The molecule has 0 radical (unpaired) electrons. The first kappa shape index (κ1) is 10.9. The van der Waals surface area contributed by atoms with Gasteiger partial charge >= 0.3 is 0 Å². The van der Waals surface area contributed by atoms with Crippen LogP contribution in [0.1, 0.15) is 19.8 Å². The first-order valence-electron chi connectivity index (χ1n) is 6.12. The second kappa shape index (κ2) is 4.22. The van der Waals surface area contributed by atoms with Gasteiger partial charge in [-0.15, -0.1) is 0 Å². The Balaban J connectivity index is 1.90. The van der Waals surface area contributed by atoms with Crippen molar-refractivity contribution in [2.75, 3.05) is 18.0 Å². The van der Waals surface area contributed by atoms with E-state index in [1.165, 1.54) is 12.8 Å². The van der Waals surface area contributed by atoms with Gasteiger partial charge in [-0.25, -0.2) is 4.98 Å². The molecule has 0 bridgehead atoms. The normalized spacial score (nSPS) is 17.9. The van der Waals surface area contributed by atoms with Gasteiger partial charge in [-0.2, -0.15) is 0 Å². The number of anilines is 1. The summed E-state index contributed by atoms with van der Waals surface area (Å²) in [6.45, 7) is 4.50. The number of aromatic nitrogens is 2. The molecule has 0 saturated carbocycles. The summed E-state index contributed by atoms with van der Waals surface area (Å²) >= 11 is 5.97. The van der Waals surface area contributed by atoms with Crippen LogP contribution in [0.25, 0.3) is 11.0 Å². The van der Waals surface area contributed by atoms with Crippen LogP contribution in [0, 0.1) is 5.92 Å². The Hall–Kier alpha value is -1.22. The molecule has 1 N–H and O–H groups in total. The highest BCUT2D eigenvalue weighted by molar-refractivity contribution is 6.31. The summed E-state index contributed by atoms with van der Waals surface area (Å²) in [6, 6.07) is 5.77. The highest BCUT2D eigenvalue weighted by atomic mass is 35.5. The molecule has 1 fully saturated rings. The number of benzene rings is 1. The van der Waals surface area contributed by atoms with Crippen LogP contribution in [-0.2, 0) is 0 Å². The van der Waals surface area contributed by atoms with Crippen LogP contribution in [-0.4, -0.2) is 23.1 Å². The molecule has 3 rings (SSSR count). The Morgan fingerprint density at radius 2 is 2.12 bits per heavy atom. The van der Waals surface area contributed by atoms with Crippen LogP contribution in [0.15, 0.2) is 18.2 Å². The quantitative estimate of drug-likeness (QED) is 0.840. The molecule has 0 amide bonds. The van der Waals surface area contributed by atoms with Crippen LogP contribution < -0.4 is 4.90 Å². The molecule has 17 heavy (non-hydrogen) atoms. The van der Waals surface area contributed by atoms with Gasteiger partial charge in [0, 0.05) is 18.1 Å². The summed E-state index contributed by atoms with van der Waals surface area (Å²) in [6.07, 6.45) is 2.50. The van der Waals surface area contributed by atoms with E-state index in [1.807, 2.05) is 18.2 Å². The monoisotopic (exact) mass is 249 g/mol. The van der Waals surface area contributed by atoms with E-state index in [2.05, 4.69) is 21.8 Å². The van der Waals surface area contributed by atoms with Gasteiger partial charge in [0.2, 0.25) is 5.95 Å². The van der Waals surface area contributed by atoms with Crippen LogP contribution in [0.3, 0.4) is 0 Å². The number of piperidine rings is 1. The summed E-state index contributed by atoms with van der Waals surface area (Å²) in [7, 11) is 0. The third kappa shape index (κ3) is 2.12. The van der Waals surface area contributed by atoms with Gasteiger partial charge in [-0.05, 0) is 37.0 Å². The van der Waals surface area contributed by atoms with E-state index in [0.29, 0.717) is 0 Å². The lowest BCUT2D eigenvalue weighted by Gasteiger charge is -2.29. The standard InChI is InChI=1S/C13H16ClN3/c1-9-4-6-17(7-5-9)13-15-11-3-2-10(14)8-12(11)16-13/h2-3,8-9H,4-7H2,1H3,(H,15,16). The van der Waals surface area contributed by atoms with E-state index in [9.17, 15) is 0 Å². The number of nitrogens with one attached hydrogen (secondary N) is 1. The van der Waals surface area contributed by atoms with Crippen molar-refractivity contribution < 1.29 is 0 Å². The van der Waals surface area contributed by atoms with E-state index in [0.717, 1.165) is 41.0 Å². The van der Waals surface area contributed by atoms with E-state index < -0.39 is 0 Å². The first-order chi connectivity index (χ1) is 8.22. The summed E-state index contributed by atoms with van der Waals surface area (Å²) in [5.74, 6) is 1.82. The van der Waals surface area contributed by atoms with Crippen molar-refractivity contribution in [1.82, 2.24) is 9.97 Å². The van der Waals surface area contributed by atoms with Gasteiger partial charge in [-0.3, -0.25) is 0 Å². The fourth-order valence-corrected chi connectivity index (χ4v) is 2.51. The van der Waals surface area contributed by atoms with Crippen molar-refractivity contribution in [1.29, 1.82) is 0 Å². The number of H-pyrrole nitrogens is 1. The second-order valence-corrected chi connectivity index (χ2v) is 5.33. The maximum atomic E-state index is 5.97. The number of rotatable bonds is 1. The lowest BCUT2D eigenvalue weighted by molar-refractivity contribution is 0.435. The number of fused-ring (bicyclic) bond motifs is 1. The predicted octanol–water partition coefficient (Wildman–Crippen LogP) is 3.45. The van der Waals surface area contributed by atoms with E-state index >= 15 is 0 Å². The van der Waals surface area contributed by atoms with Gasteiger partial charge in [0.05, 0.1) is 11.0 Å². The zero-order valence-corrected chi connectivity index (χ0v) is 10.7. The maximum Gasteiger partial charge on any atom is 0.203 e. The molecular weight excluding hydrogens is 234 g/mol. The van der Waals surface area contributed by atoms with Gasteiger partial charge in [0.25, 0.3) is 0 Å². The van der Waals surface area contributed by atoms with Crippen molar-refractivity contribution in [3.8, 4) is 0 Å². The maximum absolute atomic E-state index is 5.97.